The van der Waals surface area contributed by atoms with Gasteiger partial charge in [0.1, 0.15) is 6.61 Å². The molecular weight excluding hydrogens is 730 g/mol. The summed E-state index contributed by atoms with van der Waals surface area (Å²) < 4.78 is 70.7. The van der Waals surface area contributed by atoms with Gasteiger partial charge in [-0.15, -0.1) is 0 Å². The van der Waals surface area contributed by atoms with E-state index in [9.17, 15) is 4.79 Å². The summed E-state index contributed by atoms with van der Waals surface area (Å²) in [6.45, 7) is 12.5. The van der Waals surface area contributed by atoms with Crippen LogP contribution in [-0.4, -0.2) is 178 Å². The first kappa shape index (κ1) is 47.6. The van der Waals surface area contributed by atoms with Gasteiger partial charge in [0.05, 0.1) is 145 Å². The van der Waals surface area contributed by atoms with Crippen LogP contribution in [0.1, 0.15) is 23.5 Å². The summed E-state index contributed by atoms with van der Waals surface area (Å²) in [5, 5.41) is 2.81. The molecule has 0 aromatic heterocycles. The lowest BCUT2D eigenvalue weighted by Crippen LogP contribution is -2.27. The summed E-state index contributed by atoms with van der Waals surface area (Å²) >= 11 is 0. The van der Waals surface area contributed by atoms with Crippen LogP contribution in [0, 0.1) is 0 Å². The molecule has 2 aromatic rings. The average Bonchev–Trinajstić information content (AvgIpc) is 3.54. The van der Waals surface area contributed by atoms with Gasteiger partial charge >= 0.3 is 6.09 Å². The van der Waals surface area contributed by atoms with Crippen LogP contribution in [0.4, 0.5) is 4.79 Å². The van der Waals surface area contributed by atoms with Crippen molar-refractivity contribution >= 4 is 6.09 Å². The number of amides is 1. The molecule has 0 radical (unpaired) electrons. The molecule has 0 saturated carbocycles. The minimum Gasteiger partial charge on any atom is -0.449 e. The Hall–Kier alpha value is -2.77. The fraction of sp³-hybridized carbons (Fsp3) is 0.683. The minimum atomic E-state index is -0.416. The monoisotopic (exact) mass is 795 g/mol. The number of methoxy groups -OCH3 is 1. The fourth-order valence-corrected chi connectivity index (χ4v) is 5.46. The van der Waals surface area contributed by atoms with E-state index in [4.69, 9.17) is 61.6 Å². The molecule has 1 amide bonds. The van der Waals surface area contributed by atoms with E-state index >= 15 is 0 Å². The van der Waals surface area contributed by atoms with Crippen molar-refractivity contribution in [1.29, 1.82) is 0 Å². The van der Waals surface area contributed by atoms with Crippen molar-refractivity contribution in [2.24, 2.45) is 0 Å². The lowest BCUT2D eigenvalue weighted by atomic mass is 9.98. The number of carbonyl (C=O) groups is 1. The number of benzene rings is 2. The molecule has 56 heavy (non-hydrogen) atoms. The van der Waals surface area contributed by atoms with Gasteiger partial charge in [0, 0.05) is 26.2 Å². The average molecular weight is 796 g/mol. The highest BCUT2D eigenvalue weighted by Gasteiger charge is 2.28. The zero-order valence-corrected chi connectivity index (χ0v) is 33.3. The van der Waals surface area contributed by atoms with Crippen LogP contribution in [0.25, 0.3) is 11.1 Å². The molecule has 318 valence electrons. The van der Waals surface area contributed by atoms with E-state index in [0.717, 1.165) is 0 Å². The van der Waals surface area contributed by atoms with Crippen molar-refractivity contribution < 1.29 is 66.4 Å². The van der Waals surface area contributed by atoms with Crippen LogP contribution in [-0.2, 0) is 61.6 Å². The van der Waals surface area contributed by atoms with E-state index < -0.39 is 6.09 Å². The lowest BCUT2D eigenvalue weighted by molar-refractivity contribution is -0.0280. The van der Waals surface area contributed by atoms with Crippen molar-refractivity contribution in [3.63, 3.8) is 0 Å². The van der Waals surface area contributed by atoms with Gasteiger partial charge in [0.2, 0.25) is 0 Å². The quantitative estimate of drug-likeness (QED) is 0.0980. The molecule has 0 heterocycles. The molecule has 0 aliphatic heterocycles. The van der Waals surface area contributed by atoms with Gasteiger partial charge in [0.15, 0.2) is 0 Å². The van der Waals surface area contributed by atoms with Gasteiger partial charge in [-0.25, -0.2) is 4.79 Å². The second-order valence-electron chi connectivity index (χ2n) is 12.3. The molecule has 0 unspecified atom stereocenters. The van der Waals surface area contributed by atoms with Gasteiger partial charge < -0.3 is 66.9 Å². The topological polar surface area (TPSA) is 149 Å². The number of rotatable bonds is 39. The second kappa shape index (κ2) is 34.3. The number of hydrogen-bond acceptors (Lipinski definition) is 14. The van der Waals surface area contributed by atoms with Crippen molar-refractivity contribution in [3.8, 4) is 11.1 Å². The Kier molecular flexibility index (Phi) is 29.1. The Labute approximate surface area is 332 Å². The highest BCUT2D eigenvalue weighted by Crippen LogP contribution is 2.44. The van der Waals surface area contributed by atoms with Crippen LogP contribution in [0.5, 0.6) is 0 Å². The zero-order valence-electron chi connectivity index (χ0n) is 33.3. The molecule has 1 aliphatic rings. The number of nitrogens with one attached hydrogen (secondary N) is 1. The molecule has 3 rings (SSSR count). The number of alkyl carbamates (subject to hydrolysis) is 1. The normalized spacial score (nSPS) is 12.2. The third-order valence-electron chi connectivity index (χ3n) is 8.23. The number of hydrogen-bond donors (Lipinski definition) is 1. The minimum absolute atomic E-state index is 0.0488. The molecule has 0 bridgehead atoms. The number of ether oxygens (including phenoxy) is 13. The van der Waals surface area contributed by atoms with Crippen molar-refractivity contribution in [2.45, 2.75) is 12.3 Å². The van der Waals surface area contributed by atoms with Crippen molar-refractivity contribution in [3.05, 3.63) is 59.7 Å². The summed E-state index contributed by atoms with van der Waals surface area (Å²) in [5.41, 5.74) is 4.81. The molecule has 0 atom stereocenters. The molecule has 1 N–H and O–H groups in total. The summed E-state index contributed by atoms with van der Waals surface area (Å²) in [5.74, 6) is 0.0488. The molecular formula is C41H65NO14. The summed E-state index contributed by atoms with van der Waals surface area (Å²) in [6.07, 6.45) is 0.268. The molecule has 15 nitrogen and oxygen atoms in total. The predicted octanol–water partition coefficient (Wildman–Crippen LogP) is 3.74. The van der Waals surface area contributed by atoms with Crippen LogP contribution in [0.15, 0.2) is 48.5 Å². The first-order valence-electron chi connectivity index (χ1n) is 19.7. The third kappa shape index (κ3) is 22.8. The second-order valence-corrected chi connectivity index (χ2v) is 12.3. The predicted molar refractivity (Wildman–Crippen MR) is 209 cm³/mol. The van der Waals surface area contributed by atoms with Crippen LogP contribution < -0.4 is 5.32 Å². The largest absolute Gasteiger partial charge is 0.449 e. The van der Waals surface area contributed by atoms with Crippen LogP contribution in [0.2, 0.25) is 0 Å². The fourth-order valence-electron chi connectivity index (χ4n) is 5.46. The highest BCUT2D eigenvalue weighted by atomic mass is 16.6. The Bertz CT molecular complexity index is 1180. The van der Waals surface area contributed by atoms with Crippen molar-refractivity contribution in [1.82, 2.24) is 5.32 Å². The summed E-state index contributed by atoms with van der Waals surface area (Å²) in [7, 11) is 1.64. The van der Waals surface area contributed by atoms with Gasteiger partial charge in [-0.05, 0) is 28.7 Å². The smallest absolute Gasteiger partial charge is 0.407 e. The Balaban J connectivity index is 0.936. The lowest BCUT2D eigenvalue weighted by Gasteiger charge is -2.14. The summed E-state index contributed by atoms with van der Waals surface area (Å²) in [6, 6.07) is 16.6. The Morgan fingerprint density at radius 3 is 1.09 bits per heavy atom. The molecule has 15 heteroatoms. The highest BCUT2D eigenvalue weighted by molar-refractivity contribution is 5.79. The van der Waals surface area contributed by atoms with Gasteiger partial charge in [-0.3, -0.25) is 0 Å². The molecule has 0 fully saturated rings. The van der Waals surface area contributed by atoms with E-state index in [1.807, 2.05) is 24.3 Å². The zero-order chi connectivity index (χ0) is 39.4. The molecule has 0 spiro atoms. The van der Waals surface area contributed by atoms with Crippen LogP contribution >= 0.6 is 0 Å². The maximum absolute atomic E-state index is 12.3. The number of carbonyl (C=O) groups excluding carboxylic acids is 1. The summed E-state index contributed by atoms with van der Waals surface area (Å²) in [4.78, 5) is 12.3. The van der Waals surface area contributed by atoms with Gasteiger partial charge in [-0.2, -0.15) is 0 Å². The maximum Gasteiger partial charge on any atom is 0.407 e. The maximum atomic E-state index is 12.3. The van der Waals surface area contributed by atoms with Gasteiger partial charge in [-0.1, -0.05) is 48.5 Å². The van der Waals surface area contributed by atoms with Crippen molar-refractivity contribution in [2.75, 3.05) is 172 Å². The molecule has 1 aliphatic carbocycles. The Morgan fingerprint density at radius 1 is 0.446 bits per heavy atom. The standard InChI is InChI=1S/C41H65NO14/c1-44-13-14-46-17-18-48-21-22-50-25-26-52-29-30-54-33-34-55-32-31-53-28-27-51-24-23-49-20-19-47-16-15-45-12-6-11-42-41(43)56-35-40-38-9-4-2-7-36(38)37-8-3-5-10-39(37)40/h2-5,7-10,40H,6,11-35H2,1H3,(H,42,43). The van der Waals surface area contributed by atoms with Gasteiger partial charge in [0.25, 0.3) is 0 Å². The van der Waals surface area contributed by atoms with E-state index in [1.165, 1.54) is 22.3 Å². The van der Waals surface area contributed by atoms with E-state index in [0.29, 0.717) is 172 Å². The van der Waals surface area contributed by atoms with E-state index in [1.54, 1.807) is 7.11 Å². The van der Waals surface area contributed by atoms with Crippen LogP contribution in [0.3, 0.4) is 0 Å². The Morgan fingerprint density at radius 2 is 0.750 bits per heavy atom. The molecule has 0 saturated heterocycles. The van der Waals surface area contributed by atoms with E-state index in [-0.39, 0.29) is 5.92 Å². The SMILES string of the molecule is COCCOCCOCCOCCOCCOCCOCCOCCOCCOCCOCCOCCCNC(=O)OCC1c2ccccc2-c2ccccc21. The third-order valence-corrected chi connectivity index (χ3v) is 8.23. The van der Waals surface area contributed by atoms with E-state index in [2.05, 4.69) is 29.6 Å². The first-order chi connectivity index (χ1) is 27.8. The number of fused-ring (bicyclic) bond motifs is 3. The first-order valence-corrected chi connectivity index (χ1v) is 19.7. The molecule has 2 aromatic carbocycles.